The molecule has 0 aromatic heterocycles. The lowest BCUT2D eigenvalue weighted by molar-refractivity contribution is -0.159. The number of piperidine rings is 1. The summed E-state index contributed by atoms with van der Waals surface area (Å²) >= 11 is 0. The molecule has 5 nitrogen and oxygen atoms in total. The fourth-order valence-corrected chi connectivity index (χ4v) is 3.43. The third kappa shape index (κ3) is 3.32. The number of carbonyl (C=O) groups excluding carboxylic acids is 1. The standard InChI is InChI=1S/C15H25NO4/c1-15(2)8-4-9-16(13(15)14(18)19)12(17)7-6-11-5-3-10-20-11/h11,13H,3-10H2,1-2H3,(H,18,19). The zero-order valence-corrected chi connectivity index (χ0v) is 12.4. The number of hydrogen-bond donors (Lipinski definition) is 1. The summed E-state index contributed by atoms with van der Waals surface area (Å²) in [5.41, 5.74) is -0.358. The topological polar surface area (TPSA) is 66.8 Å². The fraction of sp³-hybridized carbons (Fsp3) is 0.867. The highest BCUT2D eigenvalue weighted by Gasteiger charge is 2.44. The van der Waals surface area contributed by atoms with Crippen LogP contribution in [0.5, 0.6) is 0 Å². The molecule has 2 aliphatic rings. The van der Waals surface area contributed by atoms with Crippen LogP contribution in [0, 0.1) is 5.41 Å². The van der Waals surface area contributed by atoms with Gasteiger partial charge in [0.15, 0.2) is 0 Å². The second kappa shape index (κ2) is 6.12. The summed E-state index contributed by atoms with van der Waals surface area (Å²) < 4.78 is 5.52. The van der Waals surface area contributed by atoms with Gasteiger partial charge >= 0.3 is 5.97 Å². The Kier molecular flexibility index (Phi) is 4.68. The average molecular weight is 283 g/mol. The molecular weight excluding hydrogens is 258 g/mol. The van der Waals surface area contributed by atoms with Crippen molar-refractivity contribution in [2.45, 2.75) is 64.5 Å². The van der Waals surface area contributed by atoms with Crippen LogP contribution in [0.3, 0.4) is 0 Å². The van der Waals surface area contributed by atoms with Gasteiger partial charge in [-0.25, -0.2) is 4.79 Å². The predicted molar refractivity (Wildman–Crippen MR) is 74.4 cm³/mol. The summed E-state index contributed by atoms with van der Waals surface area (Å²) in [6, 6.07) is -0.701. The van der Waals surface area contributed by atoms with E-state index in [-0.39, 0.29) is 17.4 Å². The van der Waals surface area contributed by atoms with Crippen molar-refractivity contribution in [3.8, 4) is 0 Å². The van der Waals surface area contributed by atoms with E-state index < -0.39 is 12.0 Å². The van der Waals surface area contributed by atoms with Gasteiger partial charge in [-0.2, -0.15) is 0 Å². The zero-order valence-electron chi connectivity index (χ0n) is 12.4. The molecule has 0 spiro atoms. The van der Waals surface area contributed by atoms with Crippen molar-refractivity contribution in [1.29, 1.82) is 0 Å². The molecule has 1 amide bonds. The molecule has 0 bridgehead atoms. The normalized spacial score (nSPS) is 29.4. The first-order valence-electron chi connectivity index (χ1n) is 7.56. The Labute approximate surface area is 120 Å². The minimum absolute atomic E-state index is 0.0410. The van der Waals surface area contributed by atoms with E-state index in [1.54, 1.807) is 4.90 Å². The molecular formula is C15H25NO4. The van der Waals surface area contributed by atoms with Crippen molar-refractivity contribution in [1.82, 2.24) is 4.90 Å². The van der Waals surface area contributed by atoms with Gasteiger partial charge in [0.05, 0.1) is 6.10 Å². The Balaban J connectivity index is 1.97. The van der Waals surface area contributed by atoms with E-state index in [9.17, 15) is 14.7 Å². The van der Waals surface area contributed by atoms with Gasteiger partial charge in [0, 0.05) is 19.6 Å². The molecule has 5 heteroatoms. The molecule has 0 aliphatic carbocycles. The van der Waals surface area contributed by atoms with Gasteiger partial charge in [-0.15, -0.1) is 0 Å². The molecule has 2 aliphatic heterocycles. The summed E-state index contributed by atoms with van der Waals surface area (Å²) in [4.78, 5) is 25.5. The van der Waals surface area contributed by atoms with Gasteiger partial charge in [-0.3, -0.25) is 4.79 Å². The molecule has 2 heterocycles. The lowest BCUT2D eigenvalue weighted by Crippen LogP contribution is -2.56. The molecule has 20 heavy (non-hydrogen) atoms. The first-order valence-corrected chi connectivity index (χ1v) is 7.56. The maximum atomic E-state index is 12.4. The highest BCUT2D eigenvalue weighted by molar-refractivity contribution is 5.84. The van der Waals surface area contributed by atoms with Crippen LogP contribution in [-0.2, 0) is 14.3 Å². The number of carboxylic acids is 1. The van der Waals surface area contributed by atoms with Crippen LogP contribution < -0.4 is 0 Å². The van der Waals surface area contributed by atoms with Crippen LogP contribution in [0.2, 0.25) is 0 Å². The van der Waals surface area contributed by atoms with Crippen molar-refractivity contribution in [3.63, 3.8) is 0 Å². The number of ether oxygens (including phenoxy) is 1. The van der Waals surface area contributed by atoms with Crippen LogP contribution >= 0.6 is 0 Å². The maximum absolute atomic E-state index is 12.4. The monoisotopic (exact) mass is 283 g/mol. The largest absolute Gasteiger partial charge is 0.480 e. The smallest absolute Gasteiger partial charge is 0.326 e. The second-order valence-corrected chi connectivity index (χ2v) is 6.59. The van der Waals surface area contributed by atoms with Gasteiger partial charge in [-0.05, 0) is 37.5 Å². The number of amides is 1. The molecule has 2 atom stereocenters. The van der Waals surface area contributed by atoms with Crippen LogP contribution in [-0.4, -0.2) is 47.2 Å². The molecule has 2 rings (SSSR count). The number of nitrogens with zero attached hydrogens (tertiary/aromatic N) is 1. The van der Waals surface area contributed by atoms with Gasteiger partial charge in [0.2, 0.25) is 5.91 Å². The minimum atomic E-state index is -0.889. The predicted octanol–water partition coefficient (Wildman–Crippen LogP) is 2.05. The summed E-state index contributed by atoms with van der Waals surface area (Å²) in [7, 11) is 0. The maximum Gasteiger partial charge on any atom is 0.326 e. The van der Waals surface area contributed by atoms with Crippen molar-refractivity contribution >= 4 is 11.9 Å². The highest BCUT2D eigenvalue weighted by atomic mass is 16.5. The summed E-state index contributed by atoms with van der Waals surface area (Å²) in [5, 5.41) is 9.45. The van der Waals surface area contributed by atoms with E-state index in [1.807, 2.05) is 13.8 Å². The number of carbonyl (C=O) groups is 2. The highest BCUT2D eigenvalue weighted by Crippen LogP contribution is 2.35. The van der Waals surface area contributed by atoms with Crippen molar-refractivity contribution in [2.24, 2.45) is 5.41 Å². The van der Waals surface area contributed by atoms with Crippen LogP contribution in [0.1, 0.15) is 52.4 Å². The Morgan fingerprint density at radius 1 is 1.35 bits per heavy atom. The summed E-state index contributed by atoms with van der Waals surface area (Å²) in [6.07, 6.45) is 5.09. The SMILES string of the molecule is CC1(C)CCCN(C(=O)CCC2CCCO2)C1C(=O)O. The third-order valence-corrected chi connectivity index (χ3v) is 4.53. The lowest BCUT2D eigenvalue weighted by atomic mass is 9.76. The number of hydrogen-bond acceptors (Lipinski definition) is 3. The lowest BCUT2D eigenvalue weighted by Gasteiger charge is -2.44. The van der Waals surface area contributed by atoms with Crippen molar-refractivity contribution in [2.75, 3.05) is 13.2 Å². The van der Waals surface area contributed by atoms with E-state index >= 15 is 0 Å². The van der Waals surface area contributed by atoms with Crippen molar-refractivity contribution in [3.05, 3.63) is 0 Å². The third-order valence-electron chi connectivity index (χ3n) is 4.53. The number of aliphatic carboxylic acids is 1. The first-order chi connectivity index (χ1) is 9.42. The van der Waals surface area contributed by atoms with E-state index in [4.69, 9.17) is 4.74 Å². The quantitative estimate of drug-likeness (QED) is 0.857. The average Bonchev–Trinajstić information content (AvgIpc) is 2.86. The van der Waals surface area contributed by atoms with E-state index in [1.165, 1.54) is 0 Å². The molecule has 1 N–H and O–H groups in total. The van der Waals surface area contributed by atoms with Crippen LogP contribution in [0.25, 0.3) is 0 Å². The Hall–Kier alpha value is -1.10. The van der Waals surface area contributed by atoms with Gasteiger partial charge in [0.25, 0.3) is 0 Å². The van der Waals surface area contributed by atoms with Crippen molar-refractivity contribution < 1.29 is 19.4 Å². The van der Waals surface area contributed by atoms with Gasteiger partial charge < -0.3 is 14.7 Å². The molecule has 114 valence electrons. The van der Waals surface area contributed by atoms with Gasteiger partial charge in [-0.1, -0.05) is 13.8 Å². The molecule has 0 radical (unpaired) electrons. The zero-order chi connectivity index (χ0) is 14.8. The number of carboxylic acid groups (broad SMARTS) is 1. The summed E-state index contributed by atoms with van der Waals surface area (Å²) in [6.45, 7) is 5.22. The molecule has 0 saturated carbocycles. The molecule has 0 aromatic rings. The van der Waals surface area contributed by atoms with Gasteiger partial charge in [0.1, 0.15) is 6.04 Å². The number of likely N-dealkylation sites (tertiary alicyclic amines) is 1. The Morgan fingerprint density at radius 2 is 2.10 bits per heavy atom. The van der Waals surface area contributed by atoms with Crippen LogP contribution in [0.15, 0.2) is 0 Å². The van der Waals surface area contributed by atoms with E-state index in [0.29, 0.717) is 19.4 Å². The second-order valence-electron chi connectivity index (χ2n) is 6.59. The first kappa shape index (κ1) is 15.3. The van der Waals surface area contributed by atoms with E-state index in [0.717, 1.165) is 32.3 Å². The Bertz CT molecular complexity index is 374. The minimum Gasteiger partial charge on any atom is -0.480 e. The number of rotatable bonds is 4. The van der Waals surface area contributed by atoms with E-state index in [2.05, 4.69) is 0 Å². The fourth-order valence-electron chi connectivity index (χ4n) is 3.43. The van der Waals surface area contributed by atoms with Crippen LogP contribution in [0.4, 0.5) is 0 Å². The molecule has 0 aromatic carbocycles. The summed E-state index contributed by atoms with van der Waals surface area (Å²) in [5.74, 6) is -0.930. The molecule has 2 saturated heterocycles. The Morgan fingerprint density at radius 3 is 2.70 bits per heavy atom. The molecule has 2 fully saturated rings. The molecule has 2 unspecified atom stereocenters.